The minimum atomic E-state index is -0.170. The molecule has 6 nitrogen and oxygen atoms in total. The lowest BCUT2D eigenvalue weighted by Crippen LogP contribution is -2.48. The Balaban J connectivity index is 1.77. The van der Waals surface area contributed by atoms with Crippen LogP contribution in [0.15, 0.2) is 60.9 Å². The van der Waals surface area contributed by atoms with Gasteiger partial charge in [-0.25, -0.2) is 0 Å². The maximum absolute atomic E-state index is 13.2. The molecule has 6 heteroatoms. The topological polar surface area (TPSA) is 72.3 Å². The highest BCUT2D eigenvalue weighted by Gasteiger charge is 2.30. The quantitative estimate of drug-likeness (QED) is 0.618. The minimum absolute atomic E-state index is 0.0129. The Morgan fingerprint density at radius 2 is 1.93 bits per heavy atom. The van der Waals surface area contributed by atoms with E-state index in [2.05, 4.69) is 22.2 Å². The third-order valence-corrected chi connectivity index (χ3v) is 4.95. The summed E-state index contributed by atoms with van der Waals surface area (Å²) in [6, 6.07) is 13.4. The Bertz CT molecular complexity index is 824. The van der Waals surface area contributed by atoms with E-state index in [0.717, 1.165) is 37.3 Å². The third-order valence-electron chi connectivity index (χ3n) is 4.95. The van der Waals surface area contributed by atoms with Crippen LogP contribution in [0.5, 0.6) is 0 Å². The molecule has 1 aliphatic rings. The van der Waals surface area contributed by atoms with Crippen molar-refractivity contribution < 1.29 is 4.79 Å². The molecule has 0 radical (unpaired) electrons. The summed E-state index contributed by atoms with van der Waals surface area (Å²) in [5.41, 5.74) is 2.31. The summed E-state index contributed by atoms with van der Waals surface area (Å²) in [7, 11) is 2.08. The molecule has 1 aliphatic heterocycles. The van der Waals surface area contributed by atoms with Gasteiger partial charge in [0.05, 0.1) is 5.56 Å². The molecule has 146 valence electrons. The number of pyridine rings is 1. The van der Waals surface area contributed by atoms with Crippen LogP contribution in [-0.4, -0.2) is 52.7 Å². The van der Waals surface area contributed by atoms with Gasteiger partial charge in [0, 0.05) is 29.8 Å². The first kappa shape index (κ1) is 19.8. The molecule has 1 aromatic heterocycles. The van der Waals surface area contributed by atoms with E-state index in [0.29, 0.717) is 5.56 Å². The monoisotopic (exact) mass is 377 g/mol. The molecule has 0 bridgehead atoms. The summed E-state index contributed by atoms with van der Waals surface area (Å²) in [5.74, 6) is 0.0139. The van der Waals surface area contributed by atoms with Crippen molar-refractivity contribution in [2.75, 3.05) is 25.5 Å². The zero-order chi connectivity index (χ0) is 19.9. The molecule has 3 rings (SSSR count). The molecule has 1 amide bonds. The van der Waals surface area contributed by atoms with Gasteiger partial charge < -0.3 is 10.2 Å². The smallest absolute Gasteiger partial charge is 0.261 e. The zero-order valence-corrected chi connectivity index (χ0v) is 16.4. The highest BCUT2D eigenvalue weighted by Crippen LogP contribution is 2.19. The van der Waals surface area contributed by atoms with Crippen LogP contribution in [0.25, 0.3) is 0 Å². The molecule has 0 saturated carbocycles. The van der Waals surface area contributed by atoms with Gasteiger partial charge >= 0.3 is 0 Å². The molecule has 0 unspecified atom stereocenters. The van der Waals surface area contributed by atoms with Crippen LogP contribution < -0.4 is 5.32 Å². The standard InChI is InChI=1S/C22H27N5O/c1-17-8-9-18(16-25-17)22(28)27(20-11-14-26(2)15-12-20)21(23)10-13-24-19-6-4-3-5-7-19/h3-10,13,16,20,23-24H,11-12,14-15H2,1-2H3/b13-10-,23-21?. The van der Waals surface area contributed by atoms with Crippen molar-refractivity contribution in [2.45, 2.75) is 25.8 Å². The van der Waals surface area contributed by atoms with Crippen molar-refractivity contribution in [3.05, 3.63) is 72.2 Å². The zero-order valence-electron chi connectivity index (χ0n) is 16.4. The van der Waals surface area contributed by atoms with Gasteiger partial charge in [-0.1, -0.05) is 18.2 Å². The number of carbonyl (C=O) groups excluding carboxylic acids is 1. The van der Waals surface area contributed by atoms with Gasteiger partial charge in [0.15, 0.2) is 0 Å². The number of hydrogen-bond donors (Lipinski definition) is 2. The lowest BCUT2D eigenvalue weighted by atomic mass is 10.0. The largest absolute Gasteiger partial charge is 0.362 e. The van der Waals surface area contributed by atoms with Gasteiger partial charge in [-0.05, 0) is 70.2 Å². The van der Waals surface area contributed by atoms with Gasteiger partial charge in [-0.3, -0.25) is 20.1 Å². The summed E-state index contributed by atoms with van der Waals surface area (Å²) in [6.07, 6.45) is 6.65. The third kappa shape index (κ3) is 5.04. The van der Waals surface area contributed by atoms with Gasteiger partial charge in [0.1, 0.15) is 5.84 Å². The second-order valence-corrected chi connectivity index (χ2v) is 7.13. The van der Waals surface area contributed by atoms with Crippen LogP contribution in [-0.2, 0) is 0 Å². The average Bonchev–Trinajstić information content (AvgIpc) is 2.71. The summed E-state index contributed by atoms with van der Waals surface area (Å²) >= 11 is 0. The fourth-order valence-corrected chi connectivity index (χ4v) is 3.29. The SMILES string of the molecule is Cc1ccc(C(=O)N(C(=N)/C=C\Nc2ccccc2)C2CCN(C)CC2)cn1. The van der Waals surface area contributed by atoms with E-state index in [4.69, 9.17) is 5.41 Å². The lowest BCUT2D eigenvalue weighted by molar-refractivity contribution is 0.0748. The summed E-state index contributed by atoms with van der Waals surface area (Å²) in [4.78, 5) is 21.3. The fourth-order valence-electron chi connectivity index (χ4n) is 3.29. The number of amidine groups is 1. The molecular formula is C22H27N5O. The Hall–Kier alpha value is -2.99. The number of rotatable bonds is 5. The van der Waals surface area contributed by atoms with Gasteiger partial charge in [-0.15, -0.1) is 0 Å². The molecule has 0 atom stereocenters. The van der Waals surface area contributed by atoms with Crippen LogP contribution in [0.4, 0.5) is 5.69 Å². The van der Waals surface area contributed by atoms with Crippen LogP contribution in [0.1, 0.15) is 28.9 Å². The van der Waals surface area contributed by atoms with Crippen LogP contribution >= 0.6 is 0 Å². The fraction of sp³-hybridized carbons (Fsp3) is 0.318. The summed E-state index contributed by atoms with van der Waals surface area (Å²) in [6.45, 7) is 3.72. The molecule has 1 aromatic carbocycles. The normalized spacial score (nSPS) is 15.5. The van der Waals surface area contributed by atoms with Gasteiger partial charge in [-0.2, -0.15) is 0 Å². The van der Waals surface area contributed by atoms with E-state index in [1.807, 2.05) is 43.3 Å². The van der Waals surface area contributed by atoms with E-state index < -0.39 is 0 Å². The molecule has 1 saturated heterocycles. The molecule has 2 N–H and O–H groups in total. The van der Waals surface area contributed by atoms with Crippen molar-refractivity contribution in [3.8, 4) is 0 Å². The minimum Gasteiger partial charge on any atom is -0.362 e. The Morgan fingerprint density at radius 3 is 2.57 bits per heavy atom. The number of likely N-dealkylation sites (tertiary alicyclic amines) is 1. The maximum atomic E-state index is 13.2. The predicted octanol–water partition coefficient (Wildman–Crippen LogP) is 3.53. The van der Waals surface area contributed by atoms with Gasteiger partial charge in [0.25, 0.3) is 5.91 Å². The van der Waals surface area contributed by atoms with Crippen LogP contribution in [0.2, 0.25) is 0 Å². The van der Waals surface area contributed by atoms with E-state index in [9.17, 15) is 4.79 Å². The number of piperidine rings is 1. The number of para-hydroxylation sites is 1. The number of nitrogens with zero attached hydrogens (tertiary/aromatic N) is 3. The van der Waals surface area contributed by atoms with Crippen molar-refractivity contribution in [2.24, 2.45) is 0 Å². The van der Waals surface area contributed by atoms with E-state index in [-0.39, 0.29) is 17.8 Å². The molecule has 0 aliphatic carbocycles. The van der Waals surface area contributed by atoms with E-state index in [1.165, 1.54) is 0 Å². The number of anilines is 1. The van der Waals surface area contributed by atoms with Crippen molar-refractivity contribution in [1.82, 2.24) is 14.8 Å². The van der Waals surface area contributed by atoms with Crippen molar-refractivity contribution in [1.29, 1.82) is 5.41 Å². The van der Waals surface area contributed by atoms with E-state index >= 15 is 0 Å². The second kappa shape index (κ2) is 9.28. The maximum Gasteiger partial charge on any atom is 0.261 e. The first-order chi connectivity index (χ1) is 13.5. The molecule has 2 heterocycles. The molecule has 1 fully saturated rings. The second-order valence-electron chi connectivity index (χ2n) is 7.13. The molecule has 28 heavy (non-hydrogen) atoms. The average molecular weight is 377 g/mol. The Labute approximate surface area is 166 Å². The van der Waals surface area contributed by atoms with Gasteiger partial charge in [0.2, 0.25) is 0 Å². The van der Waals surface area contributed by atoms with Crippen molar-refractivity contribution >= 4 is 17.4 Å². The highest BCUT2D eigenvalue weighted by molar-refractivity contribution is 6.09. The van der Waals surface area contributed by atoms with Crippen LogP contribution in [0.3, 0.4) is 0 Å². The number of amides is 1. The Morgan fingerprint density at radius 1 is 1.21 bits per heavy atom. The van der Waals surface area contributed by atoms with E-state index in [1.54, 1.807) is 29.4 Å². The lowest BCUT2D eigenvalue weighted by Gasteiger charge is -2.36. The number of aromatic nitrogens is 1. The first-order valence-corrected chi connectivity index (χ1v) is 9.56. The Kier molecular flexibility index (Phi) is 6.55. The summed E-state index contributed by atoms with van der Waals surface area (Å²) in [5, 5.41) is 11.7. The first-order valence-electron chi connectivity index (χ1n) is 9.56. The molecule has 2 aromatic rings. The van der Waals surface area contributed by atoms with Crippen LogP contribution in [0, 0.1) is 12.3 Å². The number of aryl methyl sites for hydroxylation is 1. The number of nitrogens with one attached hydrogen (secondary N) is 2. The molecule has 0 spiro atoms. The highest BCUT2D eigenvalue weighted by atomic mass is 16.2. The number of carbonyl (C=O) groups is 1. The predicted molar refractivity (Wildman–Crippen MR) is 113 cm³/mol. The number of hydrogen-bond acceptors (Lipinski definition) is 5. The number of benzene rings is 1. The van der Waals surface area contributed by atoms with Crippen molar-refractivity contribution in [3.63, 3.8) is 0 Å². The molecular weight excluding hydrogens is 350 g/mol. The summed E-state index contributed by atoms with van der Waals surface area (Å²) < 4.78 is 0.